The van der Waals surface area contributed by atoms with Gasteiger partial charge in [-0.05, 0) is 13.3 Å². The summed E-state index contributed by atoms with van der Waals surface area (Å²) in [7, 11) is 0. The topological polar surface area (TPSA) is 92.9 Å². The Kier molecular flexibility index (Phi) is 4.61. The number of amides is 1. The summed E-state index contributed by atoms with van der Waals surface area (Å²) < 4.78 is 5.32. The Morgan fingerprint density at radius 2 is 2.25 bits per heavy atom. The summed E-state index contributed by atoms with van der Waals surface area (Å²) >= 11 is 1.54. The molecule has 0 aromatic carbocycles. The molecule has 20 heavy (non-hydrogen) atoms. The number of carboxylic acids is 1. The van der Waals surface area contributed by atoms with Crippen LogP contribution >= 0.6 is 11.8 Å². The van der Waals surface area contributed by atoms with Crippen molar-refractivity contribution in [3.05, 3.63) is 0 Å². The van der Waals surface area contributed by atoms with Crippen LogP contribution in [0.25, 0.3) is 0 Å². The molecule has 2 saturated heterocycles. The highest BCUT2D eigenvalue weighted by molar-refractivity contribution is 8.00. The molecule has 0 aliphatic carbocycles. The van der Waals surface area contributed by atoms with Gasteiger partial charge < -0.3 is 20.5 Å². The number of nitrogens with two attached hydrogens (primary N) is 1. The van der Waals surface area contributed by atoms with E-state index in [4.69, 9.17) is 10.5 Å². The molecule has 0 aromatic heterocycles. The second kappa shape index (κ2) is 5.91. The van der Waals surface area contributed by atoms with Gasteiger partial charge in [0.1, 0.15) is 6.04 Å². The molecule has 2 rings (SSSR count). The zero-order valence-corrected chi connectivity index (χ0v) is 12.7. The maximum absolute atomic E-state index is 12.9. The van der Waals surface area contributed by atoms with Gasteiger partial charge in [0.05, 0.1) is 24.0 Å². The number of thioether (sulfide) groups is 1. The van der Waals surface area contributed by atoms with Crippen LogP contribution in [0.4, 0.5) is 0 Å². The van der Waals surface area contributed by atoms with Crippen LogP contribution in [0.1, 0.15) is 26.7 Å². The van der Waals surface area contributed by atoms with Gasteiger partial charge in [-0.1, -0.05) is 13.3 Å². The predicted molar refractivity (Wildman–Crippen MR) is 76.3 cm³/mol. The lowest BCUT2D eigenvalue weighted by Crippen LogP contribution is -2.56. The lowest BCUT2D eigenvalue weighted by Gasteiger charge is -2.35. The standard InChI is InChI=1S/C13H22N2O4S/c1-3-4-10-15(8(6-20-10)11(16)17)12(18)13(2)7-19-5-9(13)14/h8-10H,3-7,14H2,1-2H3,(H,16,17). The van der Waals surface area contributed by atoms with E-state index in [9.17, 15) is 14.7 Å². The summed E-state index contributed by atoms with van der Waals surface area (Å²) in [5.74, 6) is -0.684. The van der Waals surface area contributed by atoms with Gasteiger partial charge in [0, 0.05) is 11.8 Å². The highest BCUT2D eigenvalue weighted by Gasteiger charge is 2.52. The van der Waals surface area contributed by atoms with Crippen LogP contribution < -0.4 is 5.73 Å². The second-order valence-corrected chi connectivity index (χ2v) is 6.89. The summed E-state index contributed by atoms with van der Waals surface area (Å²) in [6.07, 6.45) is 1.71. The van der Waals surface area contributed by atoms with Crippen molar-refractivity contribution in [2.75, 3.05) is 19.0 Å². The largest absolute Gasteiger partial charge is 0.480 e. The highest BCUT2D eigenvalue weighted by atomic mass is 32.2. The summed E-state index contributed by atoms with van der Waals surface area (Å²) in [6, 6.07) is -1.13. The third kappa shape index (κ3) is 2.54. The van der Waals surface area contributed by atoms with Gasteiger partial charge in [0.15, 0.2) is 0 Å². The first-order valence-electron chi connectivity index (χ1n) is 6.92. The molecule has 0 aromatic rings. The van der Waals surface area contributed by atoms with E-state index in [0.29, 0.717) is 12.4 Å². The van der Waals surface area contributed by atoms with Crippen molar-refractivity contribution in [1.82, 2.24) is 4.90 Å². The zero-order valence-electron chi connectivity index (χ0n) is 11.9. The van der Waals surface area contributed by atoms with Crippen molar-refractivity contribution in [2.24, 2.45) is 11.1 Å². The third-order valence-electron chi connectivity index (χ3n) is 4.15. The number of carbonyl (C=O) groups is 2. The van der Waals surface area contributed by atoms with Crippen LogP contribution in [0.2, 0.25) is 0 Å². The van der Waals surface area contributed by atoms with E-state index < -0.39 is 17.4 Å². The molecule has 6 nitrogen and oxygen atoms in total. The number of carboxylic acid groups (broad SMARTS) is 1. The van der Waals surface area contributed by atoms with Gasteiger partial charge in [-0.3, -0.25) is 4.79 Å². The molecule has 2 fully saturated rings. The molecule has 2 aliphatic heterocycles. The SMILES string of the molecule is CCCC1SCC(C(=O)O)N1C(=O)C1(C)COCC1N. The molecule has 0 spiro atoms. The van der Waals surface area contributed by atoms with Gasteiger partial charge in [-0.15, -0.1) is 11.8 Å². The number of hydrogen-bond acceptors (Lipinski definition) is 5. The van der Waals surface area contributed by atoms with E-state index >= 15 is 0 Å². The van der Waals surface area contributed by atoms with Gasteiger partial charge in [0.25, 0.3) is 0 Å². The number of nitrogens with zero attached hydrogens (tertiary/aromatic N) is 1. The van der Waals surface area contributed by atoms with Crippen LogP contribution in [0.15, 0.2) is 0 Å². The lowest BCUT2D eigenvalue weighted by molar-refractivity contribution is -0.154. The first kappa shape index (κ1) is 15.6. The van der Waals surface area contributed by atoms with Crippen molar-refractivity contribution in [3.8, 4) is 0 Å². The molecule has 3 N–H and O–H groups in total. The molecule has 114 valence electrons. The summed E-state index contributed by atoms with van der Waals surface area (Å²) in [6.45, 7) is 4.42. The van der Waals surface area contributed by atoms with Crippen molar-refractivity contribution < 1.29 is 19.4 Å². The Balaban J connectivity index is 2.25. The van der Waals surface area contributed by atoms with E-state index in [0.717, 1.165) is 12.8 Å². The molecule has 2 heterocycles. The fourth-order valence-electron chi connectivity index (χ4n) is 2.70. The summed E-state index contributed by atoms with van der Waals surface area (Å²) in [4.78, 5) is 25.8. The van der Waals surface area contributed by atoms with Crippen LogP contribution in [-0.2, 0) is 14.3 Å². The van der Waals surface area contributed by atoms with Crippen LogP contribution in [-0.4, -0.2) is 58.3 Å². The molecule has 4 atom stereocenters. The van der Waals surface area contributed by atoms with Crippen molar-refractivity contribution in [1.29, 1.82) is 0 Å². The molecular formula is C13H22N2O4S. The first-order valence-corrected chi connectivity index (χ1v) is 7.97. The van der Waals surface area contributed by atoms with Crippen molar-refractivity contribution in [3.63, 3.8) is 0 Å². The van der Waals surface area contributed by atoms with Gasteiger partial charge >= 0.3 is 5.97 Å². The quantitative estimate of drug-likeness (QED) is 0.786. The van der Waals surface area contributed by atoms with Crippen LogP contribution in [0, 0.1) is 5.41 Å². The minimum Gasteiger partial charge on any atom is -0.480 e. The Morgan fingerprint density at radius 1 is 1.55 bits per heavy atom. The Bertz CT molecular complexity index is 406. The third-order valence-corrected chi connectivity index (χ3v) is 5.51. The van der Waals surface area contributed by atoms with Crippen LogP contribution in [0.5, 0.6) is 0 Å². The zero-order chi connectivity index (χ0) is 14.9. The molecule has 7 heteroatoms. The van der Waals surface area contributed by atoms with E-state index in [2.05, 4.69) is 0 Å². The number of hydrogen-bond donors (Lipinski definition) is 2. The predicted octanol–water partition coefficient (Wildman–Crippen LogP) is 0.505. The molecule has 0 saturated carbocycles. The Morgan fingerprint density at radius 3 is 2.75 bits per heavy atom. The molecule has 2 aliphatic rings. The average Bonchev–Trinajstić information content (AvgIpc) is 2.95. The minimum atomic E-state index is -0.944. The monoisotopic (exact) mass is 302 g/mol. The normalized spacial score (nSPS) is 37.4. The van der Waals surface area contributed by atoms with E-state index in [-0.39, 0.29) is 23.9 Å². The second-order valence-electron chi connectivity index (χ2n) is 5.68. The number of aliphatic carboxylic acids is 1. The van der Waals surface area contributed by atoms with Gasteiger partial charge in [-0.25, -0.2) is 4.79 Å². The fraction of sp³-hybridized carbons (Fsp3) is 0.846. The molecular weight excluding hydrogens is 280 g/mol. The van der Waals surface area contributed by atoms with Gasteiger partial charge in [0.2, 0.25) is 5.91 Å². The molecule has 0 bridgehead atoms. The number of carbonyl (C=O) groups excluding carboxylic acids is 1. The smallest absolute Gasteiger partial charge is 0.327 e. The fourth-order valence-corrected chi connectivity index (χ4v) is 4.21. The highest BCUT2D eigenvalue weighted by Crippen LogP contribution is 2.38. The van der Waals surface area contributed by atoms with E-state index in [1.807, 2.05) is 6.92 Å². The molecule has 0 radical (unpaired) electrons. The maximum Gasteiger partial charge on any atom is 0.327 e. The summed E-state index contributed by atoms with van der Waals surface area (Å²) in [5.41, 5.74) is 5.18. The number of ether oxygens (including phenoxy) is 1. The molecule has 4 unspecified atom stereocenters. The number of rotatable bonds is 4. The average molecular weight is 302 g/mol. The first-order chi connectivity index (χ1) is 9.41. The van der Waals surface area contributed by atoms with E-state index in [1.54, 1.807) is 18.7 Å². The Labute approximate surface area is 123 Å². The van der Waals surface area contributed by atoms with Crippen LogP contribution in [0.3, 0.4) is 0 Å². The summed E-state index contributed by atoms with van der Waals surface area (Å²) in [5, 5.41) is 9.27. The maximum atomic E-state index is 12.9. The lowest BCUT2D eigenvalue weighted by atomic mass is 9.83. The Hall–Kier alpha value is -0.790. The van der Waals surface area contributed by atoms with E-state index in [1.165, 1.54) is 4.90 Å². The minimum absolute atomic E-state index is 0.0711. The van der Waals surface area contributed by atoms with Crippen molar-refractivity contribution in [2.45, 2.75) is 44.1 Å². The molecule has 1 amide bonds. The van der Waals surface area contributed by atoms with Crippen molar-refractivity contribution >= 4 is 23.6 Å². The van der Waals surface area contributed by atoms with Gasteiger partial charge in [-0.2, -0.15) is 0 Å².